The molecule has 0 radical (unpaired) electrons. The Morgan fingerprint density at radius 3 is 1.74 bits per heavy atom. The fourth-order valence-corrected chi connectivity index (χ4v) is 2.07. The van der Waals surface area contributed by atoms with Crippen LogP contribution in [-0.2, 0) is 15.7 Å². The van der Waals surface area contributed by atoms with Gasteiger partial charge in [-0.15, -0.1) is 0 Å². The summed E-state index contributed by atoms with van der Waals surface area (Å²) in [6.07, 6.45) is -12.8. The molecule has 1 rings (SSSR count). The smallest absolute Gasteiger partial charge is 0.430 e. The van der Waals surface area contributed by atoms with Crippen molar-refractivity contribution in [2.24, 2.45) is 0 Å². The van der Waals surface area contributed by atoms with Gasteiger partial charge in [0, 0.05) is 17.7 Å². The van der Waals surface area contributed by atoms with Crippen molar-refractivity contribution in [3.05, 3.63) is 33.9 Å². The van der Waals surface area contributed by atoms with Gasteiger partial charge in [0.15, 0.2) is 0 Å². The second kappa shape index (κ2) is 5.31. The summed E-state index contributed by atoms with van der Waals surface area (Å²) in [6.45, 7) is 0. The Labute approximate surface area is 123 Å². The zero-order chi connectivity index (χ0) is 18.4. The molecule has 0 aliphatic heterocycles. The molecule has 23 heavy (non-hydrogen) atoms. The number of halogens is 6. The summed E-state index contributed by atoms with van der Waals surface area (Å²) in [5.74, 6) is 0. The molecule has 1 aromatic carbocycles. The number of nitro groups is 1. The summed E-state index contributed by atoms with van der Waals surface area (Å²) >= 11 is 0. The van der Waals surface area contributed by atoms with Gasteiger partial charge in [-0.25, -0.2) is 8.42 Å². The minimum atomic E-state index is -6.40. The molecule has 0 unspecified atom stereocenters. The van der Waals surface area contributed by atoms with Gasteiger partial charge in [0.25, 0.3) is 11.3 Å². The van der Waals surface area contributed by atoms with E-state index in [1.54, 1.807) is 0 Å². The van der Waals surface area contributed by atoms with Crippen molar-refractivity contribution in [3.8, 4) is 0 Å². The van der Waals surface area contributed by atoms with Crippen molar-refractivity contribution < 1.29 is 49.3 Å². The highest BCUT2D eigenvalue weighted by Crippen LogP contribution is 2.50. The Bertz CT molecular complexity index is 726. The van der Waals surface area contributed by atoms with E-state index in [9.17, 15) is 49.4 Å². The number of rotatable bonds is 3. The normalized spacial score (nSPS) is 13.9. The van der Waals surface area contributed by atoms with E-state index in [1.807, 2.05) is 0 Å². The molecule has 0 saturated carbocycles. The lowest BCUT2D eigenvalue weighted by Crippen LogP contribution is -2.54. The van der Waals surface area contributed by atoms with Crippen LogP contribution in [0.2, 0.25) is 0 Å². The van der Waals surface area contributed by atoms with Gasteiger partial charge in [-0.3, -0.25) is 10.1 Å². The molecule has 0 spiro atoms. The molecule has 0 saturated heterocycles. The maximum absolute atomic E-state index is 12.7. The molecule has 0 amide bonds. The molecular weight excluding hydrogens is 364 g/mol. The zero-order valence-electron chi connectivity index (χ0n) is 10.3. The standard InChI is InChI=1S/C9H5F6NO6S/c10-8(11,12)7(17,9(13,14)15)4-1-5(16(18)19)3-6(2-4)23(20,21)22/h1-3,17H,(H,20,21,22)/p-1. The zero-order valence-corrected chi connectivity index (χ0v) is 11.2. The SMILES string of the molecule is O=[N+]([O-])c1cc(C(O)(C(F)(F)F)C(F)(F)F)cc(S(=O)(=O)[O-])c1. The van der Waals surface area contributed by atoms with Gasteiger partial charge >= 0.3 is 12.4 Å². The van der Waals surface area contributed by atoms with Crippen LogP contribution in [0.15, 0.2) is 23.1 Å². The molecule has 0 aliphatic rings. The van der Waals surface area contributed by atoms with Crippen LogP contribution < -0.4 is 0 Å². The highest BCUT2D eigenvalue weighted by molar-refractivity contribution is 7.85. The molecule has 1 N–H and O–H groups in total. The van der Waals surface area contributed by atoms with Gasteiger partial charge in [-0.1, -0.05) is 0 Å². The third-order valence-electron chi connectivity index (χ3n) is 2.63. The van der Waals surface area contributed by atoms with E-state index < -0.39 is 55.2 Å². The maximum atomic E-state index is 12.7. The van der Waals surface area contributed by atoms with Gasteiger partial charge in [0.1, 0.15) is 10.1 Å². The average molecular weight is 368 g/mol. The second-order valence-electron chi connectivity index (χ2n) is 4.13. The molecule has 0 fully saturated rings. The van der Waals surface area contributed by atoms with E-state index in [4.69, 9.17) is 5.11 Å². The molecule has 130 valence electrons. The van der Waals surface area contributed by atoms with Gasteiger partial charge in [0.2, 0.25) is 0 Å². The summed E-state index contributed by atoms with van der Waals surface area (Å²) in [7, 11) is -5.63. The number of non-ortho nitro benzene ring substituents is 1. The first-order chi connectivity index (χ1) is 10.0. The minimum Gasteiger partial charge on any atom is -0.744 e. The molecule has 0 bridgehead atoms. The Morgan fingerprint density at radius 2 is 1.43 bits per heavy atom. The van der Waals surface area contributed by atoms with Crippen molar-refractivity contribution in [2.75, 3.05) is 0 Å². The van der Waals surface area contributed by atoms with Crippen molar-refractivity contribution >= 4 is 15.8 Å². The lowest BCUT2D eigenvalue weighted by molar-refractivity contribution is -0.387. The predicted molar refractivity (Wildman–Crippen MR) is 57.1 cm³/mol. The van der Waals surface area contributed by atoms with E-state index in [2.05, 4.69) is 0 Å². The van der Waals surface area contributed by atoms with Gasteiger partial charge in [0.05, 0.1) is 9.82 Å². The van der Waals surface area contributed by atoms with Crippen LogP contribution in [0.4, 0.5) is 32.0 Å². The quantitative estimate of drug-likeness (QED) is 0.376. The summed E-state index contributed by atoms with van der Waals surface area (Å²) < 4.78 is 108. The number of hydrogen-bond acceptors (Lipinski definition) is 6. The molecule has 7 nitrogen and oxygen atoms in total. The largest absolute Gasteiger partial charge is 0.744 e. The Morgan fingerprint density at radius 1 is 1.00 bits per heavy atom. The van der Waals surface area contributed by atoms with Crippen LogP contribution in [0.3, 0.4) is 0 Å². The number of nitrogens with zero attached hydrogens (tertiary/aromatic N) is 1. The summed E-state index contributed by atoms with van der Waals surface area (Å²) in [6, 6.07) is -0.773. The first kappa shape index (κ1) is 19.1. The van der Waals surface area contributed by atoms with Gasteiger partial charge in [-0.2, -0.15) is 26.3 Å². The molecule has 0 aromatic heterocycles. The molecular formula is C9H4F6NO6S-. The number of aliphatic hydroxyl groups is 1. The topological polar surface area (TPSA) is 121 Å². The Kier molecular flexibility index (Phi) is 4.41. The Balaban J connectivity index is 3.89. The Hall–Kier alpha value is -1.93. The first-order valence-corrected chi connectivity index (χ1v) is 6.54. The van der Waals surface area contributed by atoms with Crippen molar-refractivity contribution in [2.45, 2.75) is 22.8 Å². The maximum Gasteiger partial charge on any atom is 0.430 e. The van der Waals surface area contributed by atoms with Crippen LogP contribution in [0.5, 0.6) is 0 Å². The van der Waals surface area contributed by atoms with E-state index in [0.29, 0.717) is 0 Å². The monoisotopic (exact) mass is 368 g/mol. The van der Waals surface area contributed by atoms with Crippen LogP contribution >= 0.6 is 0 Å². The molecule has 0 aliphatic carbocycles. The average Bonchev–Trinajstić information content (AvgIpc) is 2.33. The number of alkyl halides is 6. The van der Waals surface area contributed by atoms with Gasteiger partial charge in [-0.05, 0) is 6.07 Å². The van der Waals surface area contributed by atoms with E-state index in [1.165, 1.54) is 0 Å². The molecule has 0 heterocycles. The van der Waals surface area contributed by atoms with E-state index in [0.717, 1.165) is 0 Å². The van der Waals surface area contributed by atoms with Crippen molar-refractivity contribution in [1.29, 1.82) is 0 Å². The fraction of sp³-hybridized carbons (Fsp3) is 0.333. The highest BCUT2D eigenvalue weighted by atomic mass is 32.2. The third kappa shape index (κ3) is 3.37. The number of hydrogen-bond donors (Lipinski definition) is 1. The molecule has 14 heteroatoms. The summed E-state index contributed by atoms with van der Waals surface area (Å²) in [5, 5.41) is 19.6. The van der Waals surface area contributed by atoms with Crippen LogP contribution in [0.1, 0.15) is 5.56 Å². The number of nitro benzene ring substituents is 1. The fourth-order valence-electron chi connectivity index (χ4n) is 1.53. The highest BCUT2D eigenvalue weighted by Gasteiger charge is 2.71. The van der Waals surface area contributed by atoms with Crippen molar-refractivity contribution in [1.82, 2.24) is 0 Å². The van der Waals surface area contributed by atoms with Crippen LogP contribution in [0.25, 0.3) is 0 Å². The lowest BCUT2D eigenvalue weighted by atomic mass is 9.92. The molecule has 0 atom stereocenters. The van der Waals surface area contributed by atoms with Crippen LogP contribution in [0, 0.1) is 10.1 Å². The third-order valence-corrected chi connectivity index (χ3v) is 3.44. The van der Waals surface area contributed by atoms with E-state index in [-0.39, 0.29) is 12.1 Å². The summed E-state index contributed by atoms with van der Waals surface area (Å²) in [5.41, 5.74) is -9.38. The number of benzene rings is 1. The predicted octanol–water partition coefficient (Wildman–Crippen LogP) is 1.81. The van der Waals surface area contributed by atoms with E-state index >= 15 is 0 Å². The van der Waals surface area contributed by atoms with Gasteiger partial charge < -0.3 is 9.66 Å². The summed E-state index contributed by atoms with van der Waals surface area (Å²) in [4.78, 5) is 7.27. The lowest BCUT2D eigenvalue weighted by Gasteiger charge is -2.32. The second-order valence-corrected chi connectivity index (χ2v) is 5.51. The first-order valence-electron chi connectivity index (χ1n) is 5.13. The minimum absolute atomic E-state index is 0.0288. The van der Waals surface area contributed by atoms with Crippen LogP contribution in [-0.4, -0.2) is 35.4 Å². The van der Waals surface area contributed by atoms with Crippen molar-refractivity contribution in [3.63, 3.8) is 0 Å². The molecule has 1 aromatic rings.